The van der Waals surface area contributed by atoms with E-state index in [0.29, 0.717) is 0 Å². The molecule has 0 fully saturated rings. The molecule has 0 unspecified atom stereocenters. The fraction of sp³-hybridized carbons (Fsp3) is 0.857. The molecule has 0 heterocycles. The summed E-state index contributed by atoms with van der Waals surface area (Å²) in [6.45, 7) is 5.12. The van der Waals surface area contributed by atoms with Crippen LogP contribution in [0.1, 0.15) is 27.2 Å². The summed E-state index contributed by atoms with van der Waals surface area (Å²) < 4.78 is 0. The van der Waals surface area contributed by atoms with E-state index in [0.717, 1.165) is 0 Å². The summed E-state index contributed by atoms with van der Waals surface area (Å²) >= 11 is 0. The lowest BCUT2D eigenvalue weighted by Gasteiger charge is -2.25. The maximum absolute atomic E-state index is 10.2. The zero-order valence-electron chi connectivity index (χ0n) is 6.59. The second kappa shape index (κ2) is 3.01. The van der Waals surface area contributed by atoms with Gasteiger partial charge < -0.3 is 10.2 Å². The molecule has 0 amide bonds. The normalized spacial score (nSPS) is 16.9. The van der Waals surface area contributed by atoms with Crippen LogP contribution >= 0.6 is 0 Å². The van der Waals surface area contributed by atoms with Crippen molar-refractivity contribution in [1.29, 1.82) is 0 Å². The fourth-order valence-corrected chi connectivity index (χ4v) is 0.510. The molecule has 3 heteroatoms. The summed E-state index contributed by atoms with van der Waals surface area (Å²) in [4.78, 5) is 10.2. The van der Waals surface area contributed by atoms with Crippen molar-refractivity contribution >= 4 is 5.97 Å². The molecular weight excluding hydrogens is 132 g/mol. The minimum absolute atomic E-state index is 0.0244. The number of rotatable bonds is 3. The SMILES string of the molecule is CC(C)[C@@](C)(O)CC(=O)O. The van der Waals surface area contributed by atoms with Gasteiger partial charge in [-0.15, -0.1) is 0 Å². The predicted octanol–water partition coefficient (Wildman–Crippen LogP) is 0.868. The van der Waals surface area contributed by atoms with Gasteiger partial charge in [-0.2, -0.15) is 0 Å². The van der Waals surface area contributed by atoms with Gasteiger partial charge in [0.2, 0.25) is 0 Å². The monoisotopic (exact) mass is 146 g/mol. The summed E-state index contributed by atoms with van der Waals surface area (Å²) in [7, 11) is 0. The first-order valence-electron chi connectivity index (χ1n) is 3.30. The quantitative estimate of drug-likeness (QED) is 0.621. The van der Waals surface area contributed by atoms with Crippen LogP contribution in [0.3, 0.4) is 0 Å². The number of hydrogen-bond donors (Lipinski definition) is 2. The van der Waals surface area contributed by atoms with E-state index in [1.807, 2.05) is 0 Å². The molecule has 2 N–H and O–H groups in total. The van der Waals surface area contributed by atoms with Gasteiger partial charge in [0.1, 0.15) is 0 Å². The van der Waals surface area contributed by atoms with E-state index in [-0.39, 0.29) is 12.3 Å². The summed E-state index contributed by atoms with van der Waals surface area (Å²) in [6.07, 6.45) is -0.190. The summed E-state index contributed by atoms with van der Waals surface area (Å²) in [5, 5.41) is 17.7. The highest BCUT2D eigenvalue weighted by Crippen LogP contribution is 2.19. The first-order valence-corrected chi connectivity index (χ1v) is 3.30. The molecule has 0 saturated heterocycles. The van der Waals surface area contributed by atoms with E-state index < -0.39 is 11.6 Å². The first kappa shape index (κ1) is 9.43. The van der Waals surface area contributed by atoms with Gasteiger partial charge in [0.05, 0.1) is 12.0 Å². The molecule has 0 aliphatic carbocycles. The zero-order valence-corrected chi connectivity index (χ0v) is 6.59. The Kier molecular flexibility index (Phi) is 2.84. The van der Waals surface area contributed by atoms with Gasteiger partial charge in [-0.1, -0.05) is 13.8 Å². The largest absolute Gasteiger partial charge is 0.481 e. The van der Waals surface area contributed by atoms with Gasteiger partial charge in [0, 0.05) is 0 Å². The first-order chi connectivity index (χ1) is 4.36. The molecule has 60 valence electrons. The predicted molar refractivity (Wildman–Crippen MR) is 37.7 cm³/mol. The van der Waals surface area contributed by atoms with Gasteiger partial charge in [0.15, 0.2) is 0 Å². The average Bonchev–Trinajstić information content (AvgIpc) is 1.60. The molecule has 0 aromatic heterocycles. The third-order valence-electron chi connectivity index (χ3n) is 1.75. The summed E-state index contributed by atoms with van der Waals surface area (Å²) in [6, 6.07) is 0. The molecule has 0 rings (SSSR count). The lowest BCUT2D eigenvalue weighted by atomic mass is 9.89. The molecule has 1 atom stereocenters. The van der Waals surface area contributed by atoms with Gasteiger partial charge >= 0.3 is 5.97 Å². The molecule has 0 aliphatic heterocycles. The Morgan fingerprint density at radius 1 is 1.60 bits per heavy atom. The number of carboxylic acid groups (broad SMARTS) is 1. The Balaban J connectivity index is 3.99. The van der Waals surface area contributed by atoms with Crippen LogP contribution in [-0.4, -0.2) is 21.8 Å². The number of carboxylic acids is 1. The van der Waals surface area contributed by atoms with Crippen molar-refractivity contribution in [2.24, 2.45) is 5.92 Å². The van der Waals surface area contributed by atoms with Crippen LogP contribution in [0, 0.1) is 5.92 Å². The van der Waals surface area contributed by atoms with Crippen LogP contribution in [0.25, 0.3) is 0 Å². The molecule has 0 saturated carbocycles. The average molecular weight is 146 g/mol. The van der Waals surface area contributed by atoms with Crippen molar-refractivity contribution in [3.8, 4) is 0 Å². The number of hydrogen-bond acceptors (Lipinski definition) is 2. The van der Waals surface area contributed by atoms with Gasteiger partial charge in [-0.25, -0.2) is 0 Å². The van der Waals surface area contributed by atoms with Crippen LogP contribution in [0.15, 0.2) is 0 Å². The molecule has 0 aromatic carbocycles. The number of aliphatic hydroxyl groups is 1. The van der Waals surface area contributed by atoms with E-state index in [2.05, 4.69) is 0 Å². The third-order valence-corrected chi connectivity index (χ3v) is 1.75. The zero-order chi connectivity index (χ0) is 8.36. The van der Waals surface area contributed by atoms with Crippen molar-refractivity contribution in [3.63, 3.8) is 0 Å². The molecule has 0 bridgehead atoms. The third kappa shape index (κ3) is 2.82. The lowest BCUT2D eigenvalue weighted by Crippen LogP contribution is -2.33. The highest BCUT2D eigenvalue weighted by molar-refractivity contribution is 5.68. The van der Waals surface area contributed by atoms with Crippen molar-refractivity contribution in [1.82, 2.24) is 0 Å². The Morgan fingerprint density at radius 3 is 2.10 bits per heavy atom. The maximum Gasteiger partial charge on any atom is 0.306 e. The Bertz CT molecular complexity index is 127. The molecule has 3 nitrogen and oxygen atoms in total. The minimum Gasteiger partial charge on any atom is -0.481 e. The van der Waals surface area contributed by atoms with Gasteiger partial charge in [0.25, 0.3) is 0 Å². The van der Waals surface area contributed by atoms with Crippen molar-refractivity contribution in [2.75, 3.05) is 0 Å². The van der Waals surface area contributed by atoms with E-state index in [1.54, 1.807) is 13.8 Å². The Labute approximate surface area is 60.7 Å². The van der Waals surface area contributed by atoms with Crippen LogP contribution < -0.4 is 0 Å². The smallest absolute Gasteiger partial charge is 0.306 e. The standard InChI is InChI=1S/C7H14O3/c1-5(2)7(3,10)4-6(8)9/h5,10H,4H2,1-3H3,(H,8,9)/t7-/m0/s1. The van der Waals surface area contributed by atoms with Crippen molar-refractivity contribution < 1.29 is 15.0 Å². The van der Waals surface area contributed by atoms with Gasteiger partial charge in [-0.05, 0) is 12.8 Å². The van der Waals surface area contributed by atoms with Crippen LogP contribution in [-0.2, 0) is 4.79 Å². The minimum atomic E-state index is -1.08. The summed E-state index contributed by atoms with van der Waals surface area (Å²) in [5.74, 6) is -0.984. The molecule has 0 spiro atoms. The second-order valence-corrected chi connectivity index (χ2v) is 3.08. The maximum atomic E-state index is 10.2. The molecule has 0 aromatic rings. The van der Waals surface area contributed by atoms with Crippen LogP contribution in [0.5, 0.6) is 0 Å². The van der Waals surface area contributed by atoms with Gasteiger partial charge in [-0.3, -0.25) is 4.79 Å². The lowest BCUT2D eigenvalue weighted by molar-refractivity contribution is -0.143. The van der Waals surface area contributed by atoms with E-state index in [1.165, 1.54) is 6.92 Å². The molecular formula is C7H14O3. The van der Waals surface area contributed by atoms with Crippen molar-refractivity contribution in [3.05, 3.63) is 0 Å². The highest BCUT2D eigenvalue weighted by Gasteiger charge is 2.27. The number of carbonyl (C=O) groups is 1. The number of aliphatic carboxylic acids is 1. The van der Waals surface area contributed by atoms with E-state index >= 15 is 0 Å². The summed E-state index contributed by atoms with van der Waals surface area (Å²) in [5.41, 5.74) is -1.08. The van der Waals surface area contributed by atoms with E-state index in [4.69, 9.17) is 5.11 Å². The molecule has 0 radical (unpaired) electrons. The van der Waals surface area contributed by atoms with E-state index in [9.17, 15) is 9.90 Å². The molecule has 10 heavy (non-hydrogen) atoms. The van der Waals surface area contributed by atoms with Crippen LogP contribution in [0.2, 0.25) is 0 Å². The second-order valence-electron chi connectivity index (χ2n) is 3.08. The topological polar surface area (TPSA) is 57.5 Å². The van der Waals surface area contributed by atoms with Crippen LogP contribution in [0.4, 0.5) is 0 Å². The Morgan fingerprint density at radius 2 is 2.00 bits per heavy atom. The highest BCUT2D eigenvalue weighted by atomic mass is 16.4. The van der Waals surface area contributed by atoms with Crippen molar-refractivity contribution in [2.45, 2.75) is 32.8 Å². The Hall–Kier alpha value is -0.570. The fourth-order valence-electron chi connectivity index (χ4n) is 0.510. The molecule has 0 aliphatic rings.